The van der Waals surface area contributed by atoms with E-state index < -0.39 is 0 Å². The zero-order valence-electron chi connectivity index (χ0n) is 11.6. The molecule has 0 atom stereocenters. The van der Waals surface area contributed by atoms with Crippen LogP contribution in [0.25, 0.3) is 0 Å². The fourth-order valence-electron chi connectivity index (χ4n) is 1.66. The Balaban J connectivity index is 2.09. The van der Waals surface area contributed by atoms with E-state index in [4.69, 9.17) is 21.1 Å². The lowest BCUT2D eigenvalue weighted by atomic mass is 10.3. The maximum Gasteiger partial charge on any atom is 0.288 e. The topological polar surface area (TPSA) is 47.6 Å². The molecule has 21 heavy (non-hydrogen) atoms. The Labute approximate surface area is 132 Å². The van der Waals surface area contributed by atoms with Crippen LogP contribution in [-0.4, -0.2) is 19.5 Å². The fraction of sp³-hybridized carbons (Fsp3) is 0.133. The predicted octanol–water partition coefficient (Wildman–Crippen LogP) is 4.68. The summed E-state index contributed by atoms with van der Waals surface area (Å²) in [6.45, 7) is 0. The van der Waals surface area contributed by atoms with E-state index in [0.717, 1.165) is 16.7 Å². The molecule has 0 fully saturated rings. The van der Waals surface area contributed by atoms with Gasteiger partial charge in [0.2, 0.25) is 0 Å². The maximum absolute atomic E-state index is 12.1. The summed E-state index contributed by atoms with van der Waals surface area (Å²) in [4.78, 5) is 12.9. The van der Waals surface area contributed by atoms with Gasteiger partial charge in [-0.2, -0.15) is 0 Å². The molecule has 110 valence electrons. The van der Waals surface area contributed by atoms with Gasteiger partial charge in [-0.15, -0.1) is 0 Å². The third-order valence-electron chi connectivity index (χ3n) is 2.67. The molecule has 0 aromatic heterocycles. The number of amides is 1. The molecule has 0 spiro atoms. The van der Waals surface area contributed by atoms with Crippen molar-refractivity contribution in [2.45, 2.75) is 4.90 Å². The smallest absolute Gasteiger partial charge is 0.288 e. The summed E-state index contributed by atoms with van der Waals surface area (Å²) in [5.41, 5.74) is 0.559. The molecule has 4 nitrogen and oxygen atoms in total. The van der Waals surface area contributed by atoms with Crippen LogP contribution in [0.15, 0.2) is 47.4 Å². The Morgan fingerprint density at radius 1 is 1.10 bits per heavy atom. The first-order chi connectivity index (χ1) is 10.1. The lowest BCUT2D eigenvalue weighted by molar-refractivity contribution is 0.269. The largest absolute Gasteiger partial charge is 0.497 e. The molecule has 2 aromatic rings. The fourth-order valence-corrected chi connectivity index (χ4v) is 2.43. The van der Waals surface area contributed by atoms with E-state index in [1.165, 1.54) is 0 Å². The molecule has 0 aliphatic carbocycles. The molecule has 0 saturated carbocycles. The van der Waals surface area contributed by atoms with Crippen molar-refractivity contribution in [2.24, 2.45) is 0 Å². The van der Waals surface area contributed by atoms with Gasteiger partial charge in [-0.1, -0.05) is 11.6 Å². The van der Waals surface area contributed by atoms with E-state index in [0.29, 0.717) is 22.2 Å². The van der Waals surface area contributed by atoms with Crippen LogP contribution < -0.4 is 14.8 Å². The highest BCUT2D eigenvalue weighted by atomic mass is 35.5. The summed E-state index contributed by atoms with van der Waals surface area (Å²) >= 11 is 6.89. The summed E-state index contributed by atoms with van der Waals surface area (Å²) in [5, 5.41) is 3.20. The highest BCUT2D eigenvalue weighted by Crippen LogP contribution is 2.31. The van der Waals surface area contributed by atoms with Crippen LogP contribution in [0.4, 0.5) is 10.5 Å². The number of hydrogen-bond acceptors (Lipinski definition) is 4. The number of ether oxygens (including phenoxy) is 2. The van der Waals surface area contributed by atoms with Crippen molar-refractivity contribution in [1.82, 2.24) is 0 Å². The standard InChI is InChI=1S/C15H14ClNO3S/c1-19-11-5-8-14(20-2)13(9-11)17-15(18)21-12-6-3-10(16)4-7-12/h3-9H,1-2H3,(H,17,18). The molecule has 0 saturated heterocycles. The number of thioether (sulfide) groups is 1. The zero-order chi connectivity index (χ0) is 15.2. The van der Waals surface area contributed by atoms with Gasteiger partial charge in [-0.05, 0) is 48.2 Å². The van der Waals surface area contributed by atoms with Gasteiger partial charge >= 0.3 is 0 Å². The number of carbonyl (C=O) groups is 1. The molecule has 6 heteroatoms. The molecule has 0 radical (unpaired) electrons. The monoisotopic (exact) mass is 323 g/mol. The summed E-state index contributed by atoms with van der Waals surface area (Å²) < 4.78 is 10.4. The molecule has 1 N–H and O–H groups in total. The van der Waals surface area contributed by atoms with Crippen LogP contribution >= 0.6 is 23.4 Å². The molecule has 2 aromatic carbocycles. The molecule has 2 rings (SSSR count). The van der Waals surface area contributed by atoms with Crippen LogP contribution in [0.5, 0.6) is 11.5 Å². The number of anilines is 1. The van der Waals surface area contributed by atoms with Gasteiger partial charge < -0.3 is 14.8 Å². The van der Waals surface area contributed by atoms with E-state index in [-0.39, 0.29) is 5.24 Å². The van der Waals surface area contributed by atoms with Crippen LogP contribution in [0, 0.1) is 0 Å². The van der Waals surface area contributed by atoms with Crippen molar-refractivity contribution in [2.75, 3.05) is 19.5 Å². The van der Waals surface area contributed by atoms with E-state index >= 15 is 0 Å². The SMILES string of the molecule is COc1ccc(OC)c(NC(=O)Sc2ccc(Cl)cc2)c1. The van der Waals surface area contributed by atoms with Crippen molar-refractivity contribution in [3.8, 4) is 11.5 Å². The summed E-state index contributed by atoms with van der Waals surface area (Å²) in [6, 6.07) is 12.3. The second-order valence-corrected chi connectivity index (χ2v) is 5.52. The average Bonchev–Trinajstić information content (AvgIpc) is 2.49. The molecule has 1 amide bonds. The first-order valence-electron chi connectivity index (χ1n) is 6.09. The van der Waals surface area contributed by atoms with E-state index in [1.807, 2.05) is 0 Å². The van der Waals surface area contributed by atoms with Crippen molar-refractivity contribution in [3.05, 3.63) is 47.5 Å². The summed E-state index contributed by atoms with van der Waals surface area (Å²) in [6.07, 6.45) is 0. The summed E-state index contributed by atoms with van der Waals surface area (Å²) in [5.74, 6) is 1.21. The van der Waals surface area contributed by atoms with Crippen LogP contribution in [-0.2, 0) is 0 Å². The number of benzene rings is 2. The highest BCUT2D eigenvalue weighted by molar-refractivity contribution is 8.13. The van der Waals surface area contributed by atoms with Gasteiger partial charge in [0.05, 0.1) is 19.9 Å². The molecular formula is C15H14ClNO3S. The van der Waals surface area contributed by atoms with Gasteiger partial charge in [0.1, 0.15) is 11.5 Å². The maximum atomic E-state index is 12.1. The van der Waals surface area contributed by atoms with E-state index in [1.54, 1.807) is 56.7 Å². The highest BCUT2D eigenvalue weighted by Gasteiger charge is 2.10. The predicted molar refractivity (Wildman–Crippen MR) is 85.9 cm³/mol. The Morgan fingerprint density at radius 3 is 2.43 bits per heavy atom. The molecular weight excluding hydrogens is 310 g/mol. The van der Waals surface area contributed by atoms with Crippen molar-refractivity contribution in [3.63, 3.8) is 0 Å². The Hall–Kier alpha value is -1.85. The first kappa shape index (κ1) is 15.5. The number of rotatable bonds is 4. The molecule has 0 aliphatic rings. The number of methoxy groups -OCH3 is 2. The van der Waals surface area contributed by atoms with Gasteiger partial charge in [-0.25, -0.2) is 0 Å². The second kappa shape index (κ2) is 7.24. The van der Waals surface area contributed by atoms with Crippen molar-refractivity contribution in [1.29, 1.82) is 0 Å². The third-order valence-corrected chi connectivity index (χ3v) is 3.71. The van der Waals surface area contributed by atoms with Crippen LogP contribution in [0.3, 0.4) is 0 Å². The zero-order valence-corrected chi connectivity index (χ0v) is 13.1. The quantitative estimate of drug-likeness (QED) is 0.830. The minimum absolute atomic E-state index is 0.219. The van der Waals surface area contributed by atoms with Gasteiger partial charge in [-0.3, -0.25) is 4.79 Å². The lowest BCUT2D eigenvalue weighted by Crippen LogP contribution is -2.06. The number of halogens is 1. The molecule has 0 heterocycles. The third kappa shape index (κ3) is 4.31. The van der Waals surface area contributed by atoms with Crippen molar-refractivity contribution >= 4 is 34.3 Å². The van der Waals surface area contributed by atoms with Crippen molar-refractivity contribution < 1.29 is 14.3 Å². The number of nitrogens with one attached hydrogen (secondary N) is 1. The molecule has 0 unspecified atom stereocenters. The first-order valence-corrected chi connectivity index (χ1v) is 7.28. The molecule has 0 bridgehead atoms. The van der Waals surface area contributed by atoms with Crippen LogP contribution in [0.2, 0.25) is 5.02 Å². The second-order valence-electron chi connectivity index (χ2n) is 4.03. The van der Waals surface area contributed by atoms with Crippen LogP contribution in [0.1, 0.15) is 0 Å². The van der Waals surface area contributed by atoms with Gasteiger partial charge in [0, 0.05) is 16.0 Å². The average molecular weight is 324 g/mol. The summed E-state index contributed by atoms with van der Waals surface area (Å²) in [7, 11) is 3.11. The normalized spacial score (nSPS) is 10.0. The lowest BCUT2D eigenvalue weighted by Gasteiger charge is -2.11. The number of carbonyl (C=O) groups excluding carboxylic acids is 1. The molecule has 0 aliphatic heterocycles. The minimum atomic E-state index is -0.219. The Bertz CT molecular complexity index is 631. The number of hydrogen-bond donors (Lipinski definition) is 1. The van der Waals surface area contributed by atoms with Gasteiger partial charge in [0.25, 0.3) is 5.24 Å². The minimum Gasteiger partial charge on any atom is -0.497 e. The Morgan fingerprint density at radius 2 is 1.81 bits per heavy atom. The van der Waals surface area contributed by atoms with E-state index in [2.05, 4.69) is 5.32 Å². The Kier molecular flexibility index (Phi) is 5.36. The van der Waals surface area contributed by atoms with Gasteiger partial charge in [0.15, 0.2) is 0 Å². The van der Waals surface area contributed by atoms with E-state index in [9.17, 15) is 4.79 Å².